The lowest BCUT2D eigenvalue weighted by atomic mass is 10.2. The van der Waals surface area contributed by atoms with Crippen LogP contribution in [0.4, 0.5) is 0 Å². The van der Waals surface area contributed by atoms with Crippen LogP contribution in [0.3, 0.4) is 0 Å². The lowest BCUT2D eigenvalue weighted by Gasteiger charge is -2.05. The van der Waals surface area contributed by atoms with Crippen LogP contribution in [0.1, 0.15) is 11.3 Å². The number of benzene rings is 1. The number of methoxy groups -OCH3 is 2. The van der Waals surface area contributed by atoms with Gasteiger partial charge in [0.15, 0.2) is 0 Å². The predicted molar refractivity (Wildman–Crippen MR) is 71.8 cm³/mol. The van der Waals surface area contributed by atoms with Crippen LogP contribution in [-0.4, -0.2) is 29.1 Å². The van der Waals surface area contributed by atoms with E-state index in [0.717, 1.165) is 5.69 Å². The molecule has 2 rings (SSSR count). The van der Waals surface area contributed by atoms with Crippen molar-refractivity contribution >= 4 is 11.6 Å². The summed E-state index contributed by atoms with van der Waals surface area (Å²) in [5.74, 6) is 0.711. The molecule has 0 bridgehead atoms. The van der Waals surface area contributed by atoms with Gasteiger partial charge in [-0.05, 0) is 12.1 Å². The SMILES string of the molecule is COCc1nn(-c2cccc(OC)c2)c(Cl)c1CO. The summed E-state index contributed by atoms with van der Waals surface area (Å²) >= 11 is 6.24. The van der Waals surface area contributed by atoms with E-state index in [-0.39, 0.29) is 6.61 Å². The zero-order chi connectivity index (χ0) is 13.8. The summed E-state index contributed by atoms with van der Waals surface area (Å²) in [5.41, 5.74) is 1.96. The molecule has 2 aromatic rings. The van der Waals surface area contributed by atoms with Crippen molar-refractivity contribution in [3.8, 4) is 11.4 Å². The minimum absolute atomic E-state index is 0.179. The Labute approximate surface area is 116 Å². The van der Waals surface area contributed by atoms with Crippen LogP contribution in [0.2, 0.25) is 5.15 Å². The standard InChI is InChI=1S/C13H15ClN2O3/c1-18-8-12-11(7-17)13(14)16(15-12)9-4-3-5-10(6-9)19-2/h3-6,17H,7-8H2,1-2H3. The number of ether oxygens (including phenoxy) is 2. The highest BCUT2D eigenvalue weighted by Gasteiger charge is 2.16. The van der Waals surface area contributed by atoms with Crippen LogP contribution in [0.5, 0.6) is 5.75 Å². The van der Waals surface area contributed by atoms with Crippen molar-refractivity contribution in [1.29, 1.82) is 0 Å². The number of aliphatic hydroxyl groups is 1. The molecule has 1 heterocycles. The van der Waals surface area contributed by atoms with Gasteiger partial charge < -0.3 is 14.6 Å². The van der Waals surface area contributed by atoms with Gasteiger partial charge in [-0.1, -0.05) is 17.7 Å². The van der Waals surface area contributed by atoms with Crippen molar-refractivity contribution in [3.63, 3.8) is 0 Å². The molecule has 0 saturated carbocycles. The summed E-state index contributed by atoms with van der Waals surface area (Å²) in [6.45, 7) is 0.119. The van der Waals surface area contributed by atoms with Gasteiger partial charge in [0.25, 0.3) is 0 Å². The zero-order valence-corrected chi connectivity index (χ0v) is 11.5. The summed E-state index contributed by atoms with van der Waals surface area (Å²) in [6.07, 6.45) is 0. The van der Waals surface area contributed by atoms with Crippen molar-refractivity contribution in [2.75, 3.05) is 14.2 Å². The Morgan fingerprint density at radius 3 is 2.79 bits per heavy atom. The molecule has 0 radical (unpaired) electrons. The van der Waals surface area contributed by atoms with Crippen LogP contribution in [-0.2, 0) is 18.0 Å². The first-order valence-electron chi connectivity index (χ1n) is 5.71. The molecule has 0 unspecified atom stereocenters. The van der Waals surface area contributed by atoms with Crippen LogP contribution >= 0.6 is 11.6 Å². The number of halogens is 1. The number of nitrogens with zero attached hydrogens (tertiary/aromatic N) is 2. The molecule has 102 valence electrons. The molecule has 1 aromatic carbocycles. The minimum Gasteiger partial charge on any atom is -0.497 e. The number of hydrogen-bond donors (Lipinski definition) is 1. The number of aliphatic hydroxyl groups excluding tert-OH is 1. The predicted octanol–water partition coefficient (Wildman–Crippen LogP) is 2.17. The van der Waals surface area contributed by atoms with E-state index in [0.29, 0.717) is 28.8 Å². The molecule has 1 aromatic heterocycles. The molecule has 5 nitrogen and oxygen atoms in total. The first-order chi connectivity index (χ1) is 9.21. The Balaban J connectivity index is 2.49. The lowest BCUT2D eigenvalue weighted by Crippen LogP contribution is -1.98. The van der Waals surface area contributed by atoms with Gasteiger partial charge in [0.1, 0.15) is 10.9 Å². The first kappa shape index (κ1) is 13.9. The Kier molecular flexibility index (Phi) is 4.42. The monoisotopic (exact) mass is 282 g/mol. The Morgan fingerprint density at radius 1 is 1.37 bits per heavy atom. The van der Waals surface area contributed by atoms with E-state index in [9.17, 15) is 5.11 Å². The maximum Gasteiger partial charge on any atom is 0.138 e. The lowest BCUT2D eigenvalue weighted by molar-refractivity contribution is 0.178. The van der Waals surface area contributed by atoms with E-state index in [1.54, 1.807) is 18.9 Å². The fraction of sp³-hybridized carbons (Fsp3) is 0.308. The Morgan fingerprint density at radius 2 is 2.16 bits per heavy atom. The van der Waals surface area contributed by atoms with E-state index >= 15 is 0 Å². The van der Waals surface area contributed by atoms with Crippen LogP contribution in [0, 0.1) is 0 Å². The molecule has 0 aliphatic carbocycles. The van der Waals surface area contributed by atoms with Crippen LogP contribution in [0.25, 0.3) is 5.69 Å². The topological polar surface area (TPSA) is 56.5 Å². The third kappa shape index (κ3) is 2.73. The Bertz CT molecular complexity index is 569. The highest BCUT2D eigenvalue weighted by atomic mass is 35.5. The average molecular weight is 283 g/mol. The van der Waals surface area contributed by atoms with Crippen molar-refractivity contribution in [3.05, 3.63) is 40.7 Å². The maximum absolute atomic E-state index is 9.37. The molecule has 0 aliphatic heterocycles. The van der Waals surface area contributed by atoms with Gasteiger partial charge in [0.05, 0.1) is 31.7 Å². The smallest absolute Gasteiger partial charge is 0.138 e. The van der Waals surface area contributed by atoms with Gasteiger partial charge in [-0.15, -0.1) is 0 Å². The molecule has 0 fully saturated rings. The zero-order valence-electron chi connectivity index (χ0n) is 10.8. The van der Waals surface area contributed by atoms with Gasteiger partial charge in [0, 0.05) is 18.7 Å². The highest BCUT2D eigenvalue weighted by molar-refractivity contribution is 6.30. The highest BCUT2D eigenvalue weighted by Crippen LogP contribution is 2.26. The molecule has 0 atom stereocenters. The third-order valence-electron chi connectivity index (χ3n) is 2.74. The largest absolute Gasteiger partial charge is 0.497 e. The molecular formula is C13H15ClN2O3. The minimum atomic E-state index is -0.179. The normalized spacial score (nSPS) is 10.7. The van der Waals surface area contributed by atoms with Crippen LogP contribution < -0.4 is 4.74 Å². The fourth-order valence-electron chi connectivity index (χ4n) is 1.79. The molecule has 0 amide bonds. The summed E-state index contributed by atoms with van der Waals surface area (Å²) in [6, 6.07) is 7.36. The van der Waals surface area contributed by atoms with Crippen molar-refractivity contribution in [2.24, 2.45) is 0 Å². The second-order valence-corrected chi connectivity index (χ2v) is 4.28. The van der Waals surface area contributed by atoms with E-state index < -0.39 is 0 Å². The molecule has 6 heteroatoms. The number of rotatable bonds is 5. The van der Waals surface area contributed by atoms with E-state index in [1.165, 1.54) is 0 Å². The van der Waals surface area contributed by atoms with Crippen molar-refractivity contribution in [1.82, 2.24) is 9.78 Å². The summed E-state index contributed by atoms with van der Waals surface area (Å²) < 4.78 is 11.8. The summed E-state index contributed by atoms with van der Waals surface area (Å²) in [4.78, 5) is 0. The van der Waals surface area contributed by atoms with E-state index in [1.807, 2.05) is 24.3 Å². The second kappa shape index (κ2) is 6.06. The van der Waals surface area contributed by atoms with E-state index in [4.69, 9.17) is 21.1 Å². The summed E-state index contributed by atoms with van der Waals surface area (Å²) in [7, 11) is 3.17. The van der Waals surface area contributed by atoms with Gasteiger partial charge >= 0.3 is 0 Å². The van der Waals surface area contributed by atoms with Gasteiger partial charge in [-0.2, -0.15) is 5.10 Å². The van der Waals surface area contributed by atoms with Crippen molar-refractivity contribution < 1.29 is 14.6 Å². The first-order valence-corrected chi connectivity index (χ1v) is 6.09. The molecule has 0 aliphatic rings. The average Bonchev–Trinajstić information content (AvgIpc) is 2.75. The van der Waals surface area contributed by atoms with Crippen molar-refractivity contribution in [2.45, 2.75) is 13.2 Å². The maximum atomic E-state index is 9.37. The summed E-state index contributed by atoms with van der Waals surface area (Å²) in [5, 5.41) is 14.1. The van der Waals surface area contributed by atoms with Gasteiger partial charge in [-0.3, -0.25) is 0 Å². The third-order valence-corrected chi connectivity index (χ3v) is 3.13. The number of hydrogen-bond acceptors (Lipinski definition) is 4. The van der Waals surface area contributed by atoms with Gasteiger partial charge in [0.2, 0.25) is 0 Å². The molecule has 0 saturated heterocycles. The quantitative estimate of drug-likeness (QED) is 0.913. The number of aromatic nitrogens is 2. The molecular weight excluding hydrogens is 268 g/mol. The molecule has 1 N–H and O–H groups in total. The van der Waals surface area contributed by atoms with E-state index in [2.05, 4.69) is 5.10 Å². The fourth-order valence-corrected chi connectivity index (χ4v) is 2.10. The molecule has 19 heavy (non-hydrogen) atoms. The molecule has 0 spiro atoms. The van der Waals surface area contributed by atoms with Gasteiger partial charge in [-0.25, -0.2) is 4.68 Å². The van der Waals surface area contributed by atoms with Crippen LogP contribution in [0.15, 0.2) is 24.3 Å². The Hall–Kier alpha value is -1.56. The second-order valence-electron chi connectivity index (χ2n) is 3.92.